The molecule has 0 aliphatic carbocycles. The van der Waals surface area contributed by atoms with Crippen molar-refractivity contribution in [1.82, 2.24) is 0 Å². The molecule has 0 saturated carbocycles. The Balaban J connectivity index is 2.07. The predicted octanol–water partition coefficient (Wildman–Crippen LogP) is 6.14. The van der Waals surface area contributed by atoms with Gasteiger partial charge in [-0.25, -0.2) is 0 Å². The van der Waals surface area contributed by atoms with Crippen molar-refractivity contribution in [3.05, 3.63) is 59.7 Å². The molecule has 0 bridgehead atoms. The molecule has 2 heteroatoms. The molecule has 0 atom stereocenters. The summed E-state index contributed by atoms with van der Waals surface area (Å²) >= 11 is 2.42. The lowest BCUT2D eigenvalue weighted by molar-refractivity contribution is 0.480. The first kappa shape index (κ1) is 16.3. The number of benzene rings is 2. The SMILES string of the molecule is CC(C)(C)c1ccc(Oc2cccc(CCCI)c2)cc1. The normalized spacial score (nSPS) is 11.4. The summed E-state index contributed by atoms with van der Waals surface area (Å²) in [5.74, 6) is 1.82. The van der Waals surface area contributed by atoms with E-state index in [1.54, 1.807) is 0 Å². The number of hydrogen-bond donors (Lipinski definition) is 0. The fourth-order valence-electron chi connectivity index (χ4n) is 2.19. The maximum Gasteiger partial charge on any atom is 0.127 e. The van der Waals surface area contributed by atoms with E-state index in [-0.39, 0.29) is 5.41 Å². The number of rotatable bonds is 5. The fraction of sp³-hybridized carbons (Fsp3) is 0.368. The largest absolute Gasteiger partial charge is 0.457 e. The summed E-state index contributed by atoms with van der Waals surface area (Å²) in [6.45, 7) is 6.67. The summed E-state index contributed by atoms with van der Waals surface area (Å²) < 4.78 is 7.16. The summed E-state index contributed by atoms with van der Waals surface area (Å²) in [4.78, 5) is 0. The number of aryl methyl sites for hydroxylation is 1. The van der Waals surface area contributed by atoms with Crippen molar-refractivity contribution >= 4 is 22.6 Å². The number of alkyl halides is 1. The fourth-order valence-corrected chi connectivity index (χ4v) is 2.58. The van der Waals surface area contributed by atoms with Gasteiger partial charge in [0.1, 0.15) is 11.5 Å². The molecule has 1 nitrogen and oxygen atoms in total. The predicted molar refractivity (Wildman–Crippen MR) is 98.9 cm³/mol. The zero-order valence-corrected chi connectivity index (χ0v) is 15.2. The van der Waals surface area contributed by atoms with Crippen LogP contribution in [0.15, 0.2) is 48.5 Å². The van der Waals surface area contributed by atoms with E-state index in [1.165, 1.54) is 22.0 Å². The molecule has 2 aromatic rings. The highest BCUT2D eigenvalue weighted by atomic mass is 127. The second kappa shape index (κ2) is 7.30. The van der Waals surface area contributed by atoms with Crippen LogP contribution in [0.5, 0.6) is 11.5 Å². The summed E-state index contributed by atoms with van der Waals surface area (Å²) in [6, 6.07) is 16.8. The van der Waals surface area contributed by atoms with Gasteiger partial charge in [-0.05, 0) is 58.1 Å². The second-order valence-corrected chi connectivity index (χ2v) is 7.40. The van der Waals surface area contributed by atoms with Gasteiger partial charge < -0.3 is 4.74 Å². The number of halogens is 1. The summed E-state index contributed by atoms with van der Waals surface area (Å²) in [5, 5.41) is 0. The summed E-state index contributed by atoms with van der Waals surface area (Å²) in [6.07, 6.45) is 2.33. The molecule has 21 heavy (non-hydrogen) atoms. The van der Waals surface area contributed by atoms with E-state index in [1.807, 2.05) is 6.07 Å². The van der Waals surface area contributed by atoms with Crippen molar-refractivity contribution in [2.24, 2.45) is 0 Å². The van der Waals surface area contributed by atoms with Gasteiger partial charge in [-0.3, -0.25) is 0 Å². The van der Waals surface area contributed by atoms with Gasteiger partial charge in [0.25, 0.3) is 0 Å². The molecule has 0 fully saturated rings. The van der Waals surface area contributed by atoms with Gasteiger partial charge in [0, 0.05) is 0 Å². The first-order valence-corrected chi connectivity index (χ1v) is 8.95. The van der Waals surface area contributed by atoms with Crippen LogP contribution in [0.4, 0.5) is 0 Å². The van der Waals surface area contributed by atoms with Crippen LogP contribution in [0, 0.1) is 0 Å². The summed E-state index contributed by atoms with van der Waals surface area (Å²) in [7, 11) is 0. The maximum atomic E-state index is 5.96. The molecular weight excluding hydrogens is 371 g/mol. The molecule has 2 rings (SSSR count). The highest BCUT2D eigenvalue weighted by Gasteiger charge is 2.13. The lowest BCUT2D eigenvalue weighted by Gasteiger charge is -2.19. The Morgan fingerprint density at radius 3 is 2.29 bits per heavy atom. The van der Waals surface area contributed by atoms with Gasteiger partial charge in [-0.2, -0.15) is 0 Å². The van der Waals surface area contributed by atoms with Crippen molar-refractivity contribution in [1.29, 1.82) is 0 Å². The Morgan fingerprint density at radius 2 is 1.67 bits per heavy atom. The van der Waals surface area contributed by atoms with E-state index in [0.29, 0.717) is 0 Å². The minimum Gasteiger partial charge on any atom is -0.457 e. The molecule has 0 N–H and O–H groups in total. The topological polar surface area (TPSA) is 9.23 Å². The molecule has 0 aliphatic rings. The quantitative estimate of drug-likeness (QED) is 0.437. The molecule has 0 unspecified atom stereocenters. The Labute approximate surface area is 141 Å². The van der Waals surface area contributed by atoms with Crippen LogP contribution in [0.2, 0.25) is 0 Å². The van der Waals surface area contributed by atoms with Crippen LogP contribution < -0.4 is 4.74 Å². The van der Waals surface area contributed by atoms with E-state index in [2.05, 4.69) is 85.8 Å². The number of hydrogen-bond acceptors (Lipinski definition) is 1. The Hall–Kier alpha value is -1.03. The molecular formula is C19H23IO. The second-order valence-electron chi connectivity index (χ2n) is 6.32. The number of ether oxygens (including phenoxy) is 1. The third-order valence-electron chi connectivity index (χ3n) is 3.45. The lowest BCUT2D eigenvalue weighted by atomic mass is 9.87. The molecule has 0 aromatic heterocycles. The highest BCUT2D eigenvalue weighted by molar-refractivity contribution is 14.1. The average molecular weight is 394 g/mol. The molecule has 0 radical (unpaired) electrons. The van der Waals surface area contributed by atoms with E-state index < -0.39 is 0 Å². The molecule has 0 spiro atoms. The standard InChI is InChI=1S/C19H23IO/c1-19(2,3)16-9-11-17(12-10-16)21-18-8-4-6-15(14-18)7-5-13-20/h4,6,8-12,14H,5,7,13H2,1-3H3. The van der Waals surface area contributed by atoms with Crippen LogP contribution in [0.25, 0.3) is 0 Å². The summed E-state index contributed by atoms with van der Waals surface area (Å²) in [5.41, 5.74) is 2.85. The van der Waals surface area contributed by atoms with Crippen LogP contribution >= 0.6 is 22.6 Å². The minimum absolute atomic E-state index is 0.178. The Kier molecular flexibility index (Phi) is 5.68. The third-order valence-corrected chi connectivity index (χ3v) is 4.22. The molecule has 0 amide bonds. The van der Waals surface area contributed by atoms with Crippen molar-refractivity contribution in [2.45, 2.75) is 39.0 Å². The highest BCUT2D eigenvalue weighted by Crippen LogP contribution is 2.27. The first-order valence-electron chi connectivity index (χ1n) is 7.42. The zero-order chi connectivity index (χ0) is 15.3. The lowest BCUT2D eigenvalue weighted by Crippen LogP contribution is -2.10. The van der Waals surface area contributed by atoms with Crippen molar-refractivity contribution in [3.63, 3.8) is 0 Å². The van der Waals surface area contributed by atoms with Gasteiger partial charge in [-0.15, -0.1) is 0 Å². The Morgan fingerprint density at radius 1 is 0.952 bits per heavy atom. The van der Waals surface area contributed by atoms with Crippen molar-refractivity contribution < 1.29 is 4.74 Å². The van der Waals surface area contributed by atoms with Crippen molar-refractivity contribution in [2.75, 3.05) is 4.43 Å². The van der Waals surface area contributed by atoms with Gasteiger partial charge in [0.2, 0.25) is 0 Å². The third kappa shape index (κ3) is 5.03. The average Bonchev–Trinajstić information content (AvgIpc) is 2.45. The van der Waals surface area contributed by atoms with Crippen LogP contribution in [0.3, 0.4) is 0 Å². The van der Waals surface area contributed by atoms with Crippen LogP contribution in [-0.4, -0.2) is 4.43 Å². The van der Waals surface area contributed by atoms with Gasteiger partial charge in [-0.1, -0.05) is 67.6 Å². The molecule has 0 aliphatic heterocycles. The molecule has 2 aromatic carbocycles. The minimum atomic E-state index is 0.178. The smallest absolute Gasteiger partial charge is 0.127 e. The van der Waals surface area contributed by atoms with Crippen molar-refractivity contribution in [3.8, 4) is 11.5 Å². The van der Waals surface area contributed by atoms with E-state index in [4.69, 9.17) is 4.74 Å². The molecule has 0 heterocycles. The molecule has 112 valence electrons. The van der Waals surface area contributed by atoms with Crippen LogP contribution in [-0.2, 0) is 11.8 Å². The van der Waals surface area contributed by atoms with E-state index >= 15 is 0 Å². The first-order chi connectivity index (χ1) is 9.99. The zero-order valence-electron chi connectivity index (χ0n) is 13.0. The maximum absolute atomic E-state index is 5.96. The van der Waals surface area contributed by atoms with Gasteiger partial charge in [0.05, 0.1) is 0 Å². The van der Waals surface area contributed by atoms with Crippen LogP contribution in [0.1, 0.15) is 38.3 Å². The van der Waals surface area contributed by atoms with E-state index in [9.17, 15) is 0 Å². The molecule has 0 saturated heterocycles. The van der Waals surface area contributed by atoms with E-state index in [0.717, 1.165) is 17.9 Å². The van der Waals surface area contributed by atoms with Gasteiger partial charge in [0.15, 0.2) is 0 Å². The monoisotopic (exact) mass is 394 g/mol. The Bertz CT molecular complexity index is 567. The van der Waals surface area contributed by atoms with Gasteiger partial charge >= 0.3 is 0 Å².